The Morgan fingerprint density at radius 1 is 1.44 bits per heavy atom. The van der Waals surface area contributed by atoms with E-state index in [1.165, 1.54) is 5.56 Å². The van der Waals surface area contributed by atoms with Crippen LogP contribution in [0.3, 0.4) is 0 Å². The van der Waals surface area contributed by atoms with Gasteiger partial charge in [-0.1, -0.05) is 30.3 Å². The van der Waals surface area contributed by atoms with Gasteiger partial charge in [-0.15, -0.1) is 12.3 Å². The Bertz CT molecular complexity index is 420. The van der Waals surface area contributed by atoms with Crippen molar-refractivity contribution in [3.8, 4) is 12.3 Å². The Labute approximate surface area is 110 Å². The van der Waals surface area contributed by atoms with Gasteiger partial charge in [0.15, 0.2) is 0 Å². The highest BCUT2D eigenvalue weighted by Gasteiger charge is 2.34. The molecule has 1 heterocycles. The van der Waals surface area contributed by atoms with Gasteiger partial charge in [-0.25, -0.2) is 0 Å². The second-order valence-electron chi connectivity index (χ2n) is 5.35. The lowest BCUT2D eigenvalue weighted by atomic mass is 9.88. The summed E-state index contributed by atoms with van der Waals surface area (Å²) in [7, 11) is 0. The first-order chi connectivity index (χ1) is 8.65. The highest BCUT2D eigenvalue weighted by atomic mass is 15.2. The average Bonchev–Trinajstić information content (AvgIpc) is 2.41. The third-order valence-electron chi connectivity index (χ3n) is 3.88. The van der Waals surface area contributed by atoms with Crippen molar-refractivity contribution in [3.05, 3.63) is 35.9 Å². The first-order valence-corrected chi connectivity index (χ1v) is 6.64. The van der Waals surface area contributed by atoms with E-state index in [1.54, 1.807) is 0 Å². The zero-order chi connectivity index (χ0) is 13.0. The summed E-state index contributed by atoms with van der Waals surface area (Å²) in [5, 5.41) is 3.67. The van der Waals surface area contributed by atoms with Crippen LogP contribution in [-0.2, 0) is 5.54 Å². The number of rotatable bonds is 3. The molecular formula is C16H22N2. The third kappa shape index (κ3) is 2.75. The van der Waals surface area contributed by atoms with Crippen molar-refractivity contribution < 1.29 is 0 Å². The molecule has 1 aromatic carbocycles. The molecule has 1 fully saturated rings. The highest BCUT2D eigenvalue weighted by Crippen LogP contribution is 2.26. The molecule has 2 heteroatoms. The van der Waals surface area contributed by atoms with E-state index in [2.05, 4.69) is 60.3 Å². The fourth-order valence-electron chi connectivity index (χ4n) is 2.63. The quantitative estimate of drug-likeness (QED) is 0.818. The van der Waals surface area contributed by atoms with Gasteiger partial charge < -0.3 is 5.32 Å². The summed E-state index contributed by atoms with van der Waals surface area (Å²) in [6.45, 7) is 7.54. The van der Waals surface area contributed by atoms with Crippen LogP contribution >= 0.6 is 0 Å². The lowest BCUT2D eigenvalue weighted by Gasteiger charge is -2.45. The Balaban J connectivity index is 2.13. The molecule has 1 aliphatic rings. The van der Waals surface area contributed by atoms with Crippen molar-refractivity contribution >= 4 is 0 Å². The molecule has 96 valence electrons. The molecule has 2 nitrogen and oxygen atoms in total. The normalized spacial score (nSPS) is 28.8. The number of terminal acetylenes is 1. The minimum absolute atomic E-state index is 0.0301. The van der Waals surface area contributed by atoms with Crippen LogP contribution in [0.25, 0.3) is 0 Å². The van der Waals surface area contributed by atoms with Gasteiger partial charge >= 0.3 is 0 Å². The molecule has 18 heavy (non-hydrogen) atoms. The first kappa shape index (κ1) is 13.1. The van der Waals surface area contributed by atoms with Gasteiger partial charge in [0.1, 0.15) is 0 Å². The molecule has 2 rings (SSSR count). The van der Waals surface area contributed by atoms with E-state index in [1.807, 2.05) is 0 Å². The summed E-state index contributed by atoms with van der Waals surface area (Å²) in [5.74, 6) is 2.74. The summed E-state index contributed by atoms with van der Waals surface area (Å²) < 4.78 is 0. The number of benzene rings is 1. The second-order valence-corrected chi connectivity index (χ2v) is 5.35. The van der Waals surface area contributed by atoms with Crippen LogP contribution < -0.4 is 5.32 Å². The van der Waals surface area contributed by atoms with Crippen LogP contribution in [0.4, 0.5) is 0 Å². The molecule has 0 aromatic heterocycles. The van der Waals surface area contributed by atoms with Gasteiger partial charge in [0, 0.05) is 32.1 Å². The molecule has 1 aromatic rings. The molecule has 0 bridgehead atoms. The molecule has 0 amide bonds. The van der Waals surface area contributed by atoms with Crippen molar-refractivity contribution in [2.75, 3.05) is 19.6 Å². The predicted molar refractivity (Wildman–Crippen MR) is 76.3 cm³/mol. The molecule has 1 aliphatic heterocycles. The standard InChI is InChI=1S/C16H22N2/c1-4-5-11-18-13-16(3,17-12-14(18)2)15-9-7-6-8-10-15/h1,6-10,14,17H,5,11-13H2,2-3H3. The van der Waals surface area contributed by atoms with Crippen molar-refractivity contribution in [2.24, 2.45) is 0 Å². The first-order valence-electron chi connectivity index (χ1n) is 6.64. The lowest BCUT2D eigenvalue weighted by molar-refractivity contribution is 0.0970. The fraction of sp³-hybridized carbons (Fsp3) is 0.500. The van der Waals surface area contributed by atoms with Crippen molar-refractivity contribution in [2.45, 2.75) is 31.8 Å². The van der Waals surface area contributed by atoms with Gasteiger partial charge in [-0.3, -0.25) is 4.90 Å². The summed E-state index contributed by atoms with van der Waals surface area (Å²) in [6, 6.07) is 11.2. The van der Waals surface area contributed by atoms with Crippen LogP contribution in [0, 0.1) is 12.3 Å². The van der Waals surface area contributed by atoms with Gasteiger partial charge in [-0.05, 0) is 19.4 Å². The predicted octanol–water partition coefficient (Wildman–Crippen LogP) is 2.22. The average molecular weight is 242 g/mol. The fourth-order valence-corrected chi connectivity index (χ4v) is 2.63. The summed E-state index contributed by atoms with van der Waals surface area (Å²) in [5.41, 5.74) is 1.38. The Kier molecular flexibility index (Phi) is 4.06. The summed E-state index contributed by atoms with van der Waals surface area (Å²) >= 11 is 0. The minimum Gasteiger partial charge on any atom is -0.305 e. The molecule has 0 saturated carbocycles. The summed E-state index contributed by atoms with van der Waals surface area (Å²) in [6.07, 6.45) is 6.21. The molecule has 2 atom stereocenters. The molecule has 1 saturated heterocycles. The maximum atomic E-state index is 5.38. The lowest BCUT2D eigenvalue weighted by Crippen LogP contribution is -2.60. The van der Waals surface area contributed by atoms with E-state index in [4.69, 9.17) is 6.42 Å². The van der Waals surface area contributed by atoms with Crippen LogP contribution in [-0.4, -0.2) is 30.6 Å². The Hall–Kier alpha value is -1.30. The third-order valence-corrected chi connectivity index (χ3v) is 3.88. The zero-order valence-electron chi connectivity index (χ0n) is 11.3. The van der Waals surface area contributed by atoms with E-state index < -0.39 is 0 Å². The van der Waals surface area contributed by atoms with Crippen LogP contribution in [0.15, 0.2) is 30.3 Å². The van der Waals surface area contributed by atoms with Crippen molar-refractivity contribution in [3.63, 3.8) is 0 Å². The number of nitrogens with one attached hydrogen (secondary N) is 1. The maximum Gasteiger partial charge on any atom is 0.0535 e. The smallest absolute Gasteiger partial charge is 0.0535 e. The van der Waals surface area contributed by atoms with Gasteiger partial charge in [0.05, 0.1) is 5.54 Å². The van der Waals surface area contributed by atoms with Gasteiger partial charge in [0.2, 0.25) is 0 Å². The minimum atomic E-state index is 0.0301. The number of piperazine rings is 1. The number of hydrogen-bond acceptors (Lipinski definition) is 2. The van der Waals surface area contributed by atoms with Crippen molar-refractivity contribution in [1.29, 1.82) is 0 Å². The topological polar surface area (TPSA) is 15.3 Å². The van der Waals surface area contributed by atoms with Crippen molar-refractivity contribution in [1.82, 2.24) is 10.2 Å². The van der Waals surface area contributed by atoms with E-state index in [9.17, 15) is 0 Å². The largest absolute Gasteiger partial charge is 0.305 e. The second kappa shape index (κ2) is 5.56. The SMILES string of the molecule is C#CCCN1CC(C)(c2ccccc2)NCC1C. The van der Waals surface area contributed by atoms with E-state index >= 15 is 0 Å². The maximum absolute atomic E-state index is 5.38. The van der Waals surface area contributed by atoms with Crippen LogP contribution in [0.1, 0.15) is 25.8 Å². The number of hydrogen-bond donors (Lipinski definition) is 1. The molecule has 0 spiro atoms. The van der Waals surface area contributed by atoms with E-state index in [0.717, 1.165) is 26.1 Å². The molecule has 2 unspecified atom stereocenters. The monoisotopic (exact) mass is 242 g/mol. The highest BCUT2D eigenvalue weighted by molar-refractivity contribution is 5.25. The molecule has 0 radical (unpaired) electrons. The molecule has 0 aliphatic carbocycles. The Morgan fingerprint density at radius 3 is 2.83 bits per heavy atom. The van der Waals surface area contributed by atoms with E-state index in [0.29, 0.717) is 6.04 Å². The van der Waals surface area contributed by atoms with Crippen LogP contribution in [0.2, 0.25) is 0 Å². The van der Waals surface area contributed by atoms with Gasteiger partial charge in [-0.2, -0.15) is 0 Å². The zero-order valence-corrected chi connectivity index (χ0v) is 11.3. The van der Waals surface area contributed by atoms with Gasteiger partial charge in [0.25, 0.3) is 0 Å². The number of nitrogens with zero attached hydrogens (tertiary/aromatic N) is 1. The molecule has 1 N–H and O–H groups in total. The van der Waals surface area contributed by atoms with Crippen LogP contribution in [0.5, 0.6) is 0 Å². The Morgan fingerprint density at radius 2 is 2.17 bits per heavy atom. The molecular weight excluding hydrogens is 220 g/mol. The van der Waals surface area contributed by atoms with E-state index in [-0.39, 0.29) is 5.54 Å². The summed E-state index contributed by atoms with van der Waals surface area (Å²) in [4.78, 5) is 2.49.